The Kier molecular flexibility index (Phi) is 2.58. The molecule has 0 radical (unpaired) electrons. The number of hydrogen-bond donors (Lipinski definition) is 1. The number of carboxylic acids is 1. The number of aliphatic carboxylic acids is 1. The van der Waals surface area contributed by atoms with Gasteiger partial charge >= 0.3 is 5.97 Å². The van der Waals surface area contributed by atoms with Crippen LogP contribution in [0, 0.1) is 11.2 Å². The molecule has 0 heterocycles. The smallest absolute Gasteiger partial charge is 0.309 e. The summed E-state index contributed by atoms with van der Waals surface area (Å²) in [5, 5.41) is 8.90. The lowest BCUT2D eigenvalue weighted by Gasteiger charge is -2.41. The van der Waals surface area contributed by atoms with Gasteiger partial charge < -0.3 is 9.84 Å². The molecular weight excluding hydrogens is 211 g/mol. The van der Waals surface area contributed by atoms with Gasteiger partial charge in [0.2, 0.25) is 0 Å². The zero-order valence-electron chi connectivity index (χ0n) is 8.94. The fourth-order valence-corrected chi connectivity index (χ4v) is 1.94. The summed E-state index contributed by atoms with van der Waals surface area (Å²) in [6, 6.07) is 5.88. The van der Waals surface area contributed by atoms with Crippen LogP contribution >= 0.6 is 0 Å². The molecule has 0 atom stereocenters. The zero-order chi connectivity index (χ0) is 11.8. The molecule has 1 aromatic rings. The van der Waals surface area contributed by atoms with Crippen LogP contribution in [0.2, 0.25) is 0 Å². The minimum absolute atomic E-state index is 0.122. The van der Waals surface area contributed by atoms with Crippen LogP contribution in [0.15, 0.2) is 24.3 Å². The Bertz CT molecular complexity index is 410. The van der Waals surface area contributed by atoms with E-state index in [1.54, 1.807) is 19.1 Å². The highest BCUT2D eigenvalue weighted by Gasteiger charge is 2.47. The summed E-state index contributed by atoms with van der Waals surface area (Å²) in [5.41, 5.74) is -0.683. The van der Waals surface area contributed by atoms with Crippen molar-refractivity contribution in [2.45, 2.75) is 25.9 Å². The molecule has 0 aromatic heterocycles. The summed E-state index contributed by atoms with van der Waals surface area (Å²) in [6.45, 7) is 1.70. The number of benzene rings is 1. The van der Waals surface area contributed by atoms with Gasteiger partial charge in [0.25, 0.3) is 0 Å². The van der Waals surface area contributed by atoms with Crippen LogP contribution in [0.4, 0.5) is 4.39 Å². The Morgan fingerprint density at radius 3 is 2.81 bits per heavy atom. The second-order valence-corrected chi connectivity index (χ2v) is 4.47. The summed E-state index contributed by atoms with van der Waals surface area (Å²) in [5.74, 6) is -0.693. The van der Waals surface area contributed by atoms with Crippen molar-refractivity contribution in [3.63, 3.8) is 0 Å². The van der Waals surface area contributed by atoms with Crippen LogP contribution in [0.25, 0.3) is 0 Å². The van der Waals surface area contributed by atoms with E-state index in [1.165, 1.54) is 12.1 Å². The lowest BCUT2D eigenvalue weighted by Crippen LogP contribution is -2.47. The van der Waals surface area contributed by atoms with Gasteiger partial charge in [0.05, 0.1) is 5.41 Å². The van der Waals surface area contributed by atoms with E-state index in [1.807, 2.05) is 0 Å². The maximum Gasteiger partial charge on any atom is 0.309 e. The first-order valence-electron chi connectivity index (χ1n) is 5.15. The predicted molar refractivity (Wildman–Crippen MR) is 55.8 cm³/mol. The molecule has 1 aliphatic rings. The molecule has 4 heteroatoms. The molecule has 1 saturated carbocycles. The maximum atomic E-state index is 12.8. The molecule has 0 aliphatic heterocycles. The third kappa shape index (κ3) is 2.01. The summed E-state index contributed by atoms with van der Waals surface area (Å²) in [6.07, 6.45) is 0.820. The molecule has 1 N–H and O–H groups in total. The first-order valence-corrected chi connectivity index (χ1v) is 5.15. The van der Waals surface area contributed by atoms with E-state index in [0.717, 1.165) is 0 Å². The van der Waals surface area contributed by atoms with E-state index in [-0.39, 0.29) is 11.9 Å². The highest BCUT2D eigenvalue weighted by Crippen LogP contribution is 2.42. The van der Waals surface area contributed by atoms with Gasteiger partial charge in [0.1, 0.15) is 17.7 Å². The monoisotopic (exact) mass is 224 g/mol. The third-order valence-corrected chi connectivity index (χ3v) is 2.97. The molecule has 0 spiro atoms. The van der Waals surface area contributed by atoms with Crippen LogP contribution in [0.3, 0.4) is 0 Å². The molecule has 2 rings (SSSR count). The van der Waals surface area contributed by atoms with Gasteiger partial charge in [-0.15, -0.1) is 0 Å². The topological polar surface area (TPSA) is 46.5 Å². The second kappa shape index (κ2) is 3.77. The SMILES string of the molecule is CC1(C(=O)O)CC(Oc2cccc(F)c2)C1. The van der Waals surface area contributed by atoms with Crippen LogP contribution < -0.4 is 4.74 Å². The average Bonchev–Trinajstić information content (AvgIpc) is 2.14. The van der Waals surface area contributed by atoms with Crippen molar-refractivity contribution in [1.29, 1.82) is 0 Å². The Balaban J connectivity index is 1.93. The van der Waals surface area contributed by atoms with Crippen LogP contribution in [-0.4, -0.2) is 17.2 Å². The number of hydrogen-bond acceptors (Lipinski definition) is 2. The van der Waals surface area contributed by atoms with Gasteiger partial charge in [-0.3, -0.25) is 4.79 Å². The number of carbonyl (C=O) groups is 1. The van der Waals surface area contributed by atoms with Crippen LogP contribution in [0.5, 0.6) is 5.75 Å². The third-order valence-electron chi connectivity index (χ3n) is 2.97. The number of carboxylic acid groups (broad SMARTS) is 1. The summed E-state index contributed by atoms with van der Waals surface area (Å²) < 4.78 is 18.3. The van der Waals surface area contributed by atoms with E-state index in [0.29, 0.717) is 18.6 Å². The minimum atomic E-state index is -0.799. The van der Waals surface area contributed by atoms with Gasteiger partial charge in [0, 0.05) is 18.9 Å². The molecule has 86 valence electrons. The van der Waals surface area contributed by atoms with Crippen molar-refractivity contribution in [3.8, 4) is 5.75 Å². The van der Waals surface area contributed by atoms with Crippen molar-refractivity contribution in [2.75, 3.05) is 0 Å². The second-order valence-electron chi connectivity index (χ2n) is 4.47. The number of rotatable bonds is 3. The molecule has 3 nitrogen and oxygen atoms in total. The van der Waals surface area contributed by atoms with E-state index in [4.69, 9.17) is 9.84 Å². The van der Waals surface area contributed by atoms with Gasteiger partial charge in [-0.05, 0) is 19.1 Å². The Labute approximate surface area is 92.9 Å². The maximum absolute atomic E-state index is 12.8. The van der Waals surface area contributed by atoms with Crippen LogP contribution in [-0.2, 0) is 4.79 Å². The average molecular weight is 224 g/mol. The van der Waals surface area contributed by atoms with E-state index in [2.05, 4.69) is 0 Å². The van der Waals surface area contributed by atoms with Crippen molar-refractivity contribution >= 4 is 5.97 Å². The van der Waals surface area contributed by atoms with Gasteiger partial charge in [0.15, 0.2) is 0 Å². The number of halogens is 1. The molecule has 1 aliphatic carbocycles. The fraction of sp³-hybridized carbons (Fsp3) is 0.417. The summed E-state index contributed by atoms with van der Waals surface area (Å²) in [7, 11) is 0. The normalized spacial score (nSPS) is 28.2. The molecule has 0 saturated heterocycles. The Morgan fingerprint density at radius 2 is 2.25 bits per heavy atom. The van der Waals surface area contributed by atoms with Crippen molar-refractivity contribution in [2.24, 2.45) is 5.41 Å². The molecule has 0 amide bonds. The minimum Gasteiger partial charge on any atom is -0.490 e. The molecule has 1 fully saturated rings. The van der Waals surface area contributed by atoms with Gasteiger partial charge in [-0.2, -0.15) is 0 Å². The lowest BCUT2D eigenvalue weighted by molar-refractivity contribution is -0.159. The van der Waals surface area contributed by atoms with Crippen LogP contribution in [0.1, 0.15) is 19.8 Å². The van der Waals surface area contributed by atoms with E-state index in [9.17, 15) is 9.18 Å². The standard InChI is InChI=1S/C12H13FO3/c1-12(11(14)15)6-10(7-12)16-9-4-2-3-8(13)5-9/h2-5,10H,6-7H2,1H3,(H,14,15). The predicted octanol–water partition coefficient (Wildman–Crippen LogP) is 2.46. The summed E-state index contributed by atoms with van der Waals surface area (Å²) in [4.78, 5) is 10.8. The van der Waals surface area contributed by atoms with E-state index >= 15 is 0 Å². The molecule has 0 unspecified atom stereocenters. The van der Waals surface area contributed by atoms with Gasteiger partial charge in [-0.1, -0.05) is 6.07 Å². The Hall–Kier alpha value is -1.58. The van der Waals surface area contributed by atoms with Crippen molar-refractivity contribution < 1.29 is 19.0 Å². The Morgan fingerprint density at radius 1 is 1.56 bits per heavy atom. The quantitative estimate of drug-likeness (QED) is 0.857. The highest BCUT2D eigenvalue weighted by molar-refractivity contribution is 5.75. The molecule has 0 bridgehead atoms. The first-order chi connectivity index (χ1) is 7.49. The molecule has 16 heavy (non-hydrogen) atoms. The van der Waals surface area contributed by atoms with Crippen molar-refractivity contribution in [1.82, 2.24) is 0 Å². The summed E-state index contributed by atoms with van der Waals surface area (Å²) >= 11 is 0. The highest BCUT2D eigenvalue weighted by atomic mass is 19.1. The first kappa shape index (κ1) is 10.9. The zero-order valence-corrected chi connectivity index (χ0v) is 8.94. The van der Waals surface area contributed by atoms with Crippen molar-refractivity contribution in [3.05, 3.63) is 30.1 Å². The lowest BCUT2D eigenvalue weighted by atomic mass is 9.68. The van der Waals surface area contributed by atoms with E-state index < -0.39 is 11.4 Å². The van der Waals surface area contributed by atoms with Gasteiger partial charge in [-0.25, -0.2) is 4.39 Å². The largest absolute Gasteiger partial charge is 0.490 e. The molecule has 1 aromatic carbocycles. The number of ether oxygens (including phenoxy) is 1. The fourth-order valence-electron chi connectivity index (χ4n) is 1.94. The molecular formula is C12H13FO3.